The molecule has 0 radical (unpaired) electrons. The van der Waals surface area contributed by atoms with Crippen molar-refractivity contribution in [1.29, 1.82) is 0 Å². The third-order valence-electron chi connectivity index (χ3n) is 4.10. The van der Waals surface area contributed by atoms with Crippen LogP contribution in [0.5, 0.6) is 11.5 Å². The summed E-state index contributed by atoms with van der Waals surface area (Å²) in [7, 11) is 2.97. The van der Waals surface area contributed by atoms with Gasteiger partial charge in [-0.2, -0.15) is 0 Å². The molecular formula is C21H17ClO5. The molecule has 3 rings (SSSR count). The first-order valence-electron chi connectivity index (χ1n) is 8.14. The second-order valence-electron chi connectivity index (χ2n) is 5.75. The number of ether oxygens (including phenoxy) is 3. The molecule has 0 bridgehead atoms. The third-order valence-corrected chi connectivity index (χ3v) is 4.39. The van der Waals surface area contributed by atoms with Crippen molar-refractivity contribution in [2.75, 3.05) is 20.8 Å². The van der Waals surface area contributed by atoms with Crippen LogP contribution in [0.4, 0.5) is 0 Å². The second kappa shape index (κ2) is 8.10. The van der Waals surface area contributed by atoms with Crippen LogP contribution in [0, 0.1) is 0 Å². The van der Waals surface area contributed by atoms with Crippen molar-refractivity contribution < 1.29 is 23.8 Å². The SMILES string of the molecule is COc1ccc(C(=O)COC(=O)c2cc3ccccc3cc2OC)cc1Cl. The number of esters is 1. The van der Waals surface area contributed by atoms with Gasteiger partial charge in [-0.25, -0.2) is 4.79 Å². The van der Waals surface area contributed by atoms with Crippen LogP contribution in [0.2, 0.25) is 5.02 Å². The van der Waals surface area contributed by atoms with E-state index in [2.05, 4.69) is 0 Å². The van der Waals surface area contributed by atoms with E-state index >= 15 is 0 Å². The zero-order valence-corrected chi connectivity index (χ0v) is 15.6. The Kier molecular flexibility index (Phi) is 5.62. The van der Waals surface area contributed by atoms with Crippen LogP contribution < -0.4 is 9.47 Å². The van der Waals surface area contributed by atoms with Gasteiger partial charge in [0, 0.05) is 5.56 Å². The summed E-state index contributed by atoms with van der Waals surface area (Å²) in [6.45, 7) is -0.405. The second-order valence-corrected chi connectivity index (χ2v) is 6.16. The number of methoxy groups -OCH3 is 2. The van der Waals surface area contributed by atoms with Crippen molar-refractivity contribution in [2.24, 2.45) is 0 Å². The van der Waals surface area contributed by atoms with Crippen LogP contribution in [-0.2, 0) is 4.74 Å². The monoisotopic (exact) mass is 384 g/mol. The highest BCUT2D eigenvalue weighted by molar-refractivity contribution is 6.32. The fourth-order valence-electron chi connectivity index (χ4n) is 2.68. The lowest BCUT2D eigenvalue weighted by molar-refractivity contribution is 0.0472. The first-order valence-corrected chi connectivity index (χ1v) is 8.52. The zero-order chi connectivity index (χ0) is 19.4. The molecule has 0 N–H and O–H groups in total. The highest BCUT2D eigenvalue weighted by atomic mass is 35.5. The average Bonchev–Trinajstić information content (AvgIpc) is 2.70. The van der Waals surface area contributed by atoms with Crippen molar-refractivity contribution >= 4 is 34.1 Å². The molecule has 0 saturated heterocycles. The minimum Gasteiger partial charge on any atom is -0.496 e. The lowest BCUT2D eigenvalue weighted by Gasteiger charge is -2.10. The highest BCUT2D eigenvalue weighted by Gasteiger charge is 2.17. The summed E-state index contributed by atoms with van der Waals surface area (Å²) in [5.41, 5.74) is 0.593. The van der Waals surface area contributed by atoms with E-state index in [0.29, 0.717) is 22.1 Å². The quantitative estimate of drug-likeness (QED) is 0.461. The molecule has 0 atom stereocenters. The first kappa shape index (κ1) is 18.7. The van der Waals surface area contributed by atoms with Gasteiger partial charge in [0.1, 0.15) is 17.1 Å². The van der Waals surface area contributed by atoms with E-state index < -0.39 is 12.6 Å². The van der Waals surface area contributed by atoms with Gasteiger partial charge in [-0.15, -0.1) is 0 Å². The zero-order valence-electron chi connectivity index (χ0n) is 14.8. The molecule has 3 aromatic carbocycles. The largest absolute Gasteiger partial charge is 0.496 e. The number of halogens is 1. The Morgan fingerprint density at radius 1 is 0.889 bits per heavy atom. The highest BCUT2D eigenvalue weighted by Crippen LogP contribution is 2.27. The van der Waals surface area contributed by atoms with E-state index in [9.17, 15) is 9.59 Å². The molecule has 0 aliphatic heterocycles. The Labute approximate surface area is 161 Å². The molecule has 27 heavy (non-hydrogen) atoms. The fraction of sp³-hybridized carbons (Fsp3) is 0.143. The summed E-state index contributed by atoms with van der Waals surface area (Å²) >= 11 is 6.03. The molecule has 0 heterocycles. The number of benzene rings is 3. The molecule has 0 spiro atoms. The van der Waals surface area contributed by atoms with Crippen LogP contribution in [0.3, 0.4) is 0 Å². The maximum absolute atomic E-state index is 12.5. The summed E-state index contributed by atoms with van der Waals surface area (Å²) in [6.07, 6.45) is 0. The van der Waals surface area contributed by atoms with Crippen LogP contribution in [0.15, 0.2) is 54.6 Å². The Morgan fingerprint density at radius 2 is 1.56 bits per heavy atom. The van der Waals surface area contributed by atoms with Gasteiger partial charge in [0.25, 0.3) is 0 Å². The molecule has 138 valence electrons. The number of hydrogen-bond donors (Lipinski definition) is 0. The van der Waals surface area contributed by atoms with Gasteiger partial charge >= 0.3 is 5.97 Å². The molecule has 0 fully saturated rings. The predicted octanol–water partition coefficient (Wildman–Crippen LogP) is 4.55. The van der Waals surface area contributed by atoms with Gasteiger partial charge in [0.05, 0.1) is 19.2 Å². The number of ketones is 1. The first-order chi connectivity index (χ1) is 13.0. The molecule has 0 aliphatic rings. The van der Waals surface area contributed by atoms with Crippen molar-refractivity contribution in [3.63, 3.8) is 0 Å². The van der Waals surface area contributed by atoms with Crippen molar-refractivity contribution in [1.82, 2.24) is 0 Å². The molecule has 0 aromatic heterocycles. The fourth-order valence-corrected chi connectivity index (χ4v) is 2.94. The van der Waals surface area contributed by atoms with Crippen LogP contribution in [-0.4, -0.2) is 32.6 Å². The van der Waals surface area contributed by atoms with E-state index in [0.717, 1.165) is 10.8 Å². The van der Waals surface area contributed by atoms with E-state index in [4.69, 9.17) is 25.8 Å². The maximum Gasteiger partial charge on any atom is 0.342 e. The van der Waals surface area contributed by atoms with Crippen molar-refractivity contribution in [3.05, 3.63) is 70.7 Å². The molecule has 5 nitrogen and oxygen atoms in total. The molecule has 0 saturated carbocycles. The molecule has 6 heteroatoms. The van der Waals surface area contributed by atoms with Gasteiger partial charge in [-0.05, 0) is 41.1 Å². The van der Waals surface area contributed by atoms with E-state index in [-0.39, 0.29) is 11.3 Å². The summed E-state index contributed by atoms with van der Waals surface area (Å²) in [4.78, 5) is 24.8. The third kappa shape index (κ3) is 4.04. The number of carbonyl (C=O) groups excluding carboxylic acids is 2. The maximum atomic E-state index is 12.5. The molecule has 0 aliphatic carbocycles. The van der Waals surface area contributed by atoms with Gasteiger partial charge in [-0.1, -0.05) is 35.9 Å². The molecule has 3 aromatic rings. The van der Waals surface area contributed by atoms with Crippen LogP contribution in [0.25, 0.3) is 10.8 Å². The molecule has 0 amide bonds. The standard InChI is InChI=1S/C21H17ClO5/c1-25-19-8-7-15(10-17(19)22)18(23)12-27-21(24)16-9-13-5-3-4-6-14(13)11-20(16)26-2/h3-11H,12H2,1-2H3. The summed E-state index contributed by atoms with van der Waals surface area (Å²) < 4.78 is 15.5. The van der Waals surface area contributed by atoms with Crippen LogP contribution in [0.1, 0.15) is 20.7 Å². The molecule has 0 unspecified atom stereocenters. The predicted molar refractivity (Wildman–Crippen MR) is 103 cm³/mol. The normalized spacial score (nSPS) is 10.5. The minimum atomic E-state index is -0.634. The lowest BCUT2D eigenvalue weighted by Crippen LogP contribution is -2.15. The van der Waals surface area contributed by atoms with Gasteiger partial charge in [-0.3, -0.25) is 4.79 Å². The Balaban J connectivity index is 1.76. The van der Waals surface area contributed by atoms with Crippen LogP contribution >= 0.6 is 11.6 Å². The average molecular weight is 385 g/mol. The number of Topliss-reactive ketones (excluding diaryl/α,β-unsaturated/α-hetero) is 1. The topological polar surface area (TPSA) is 61.8 Å². The van der Waals surface area contributed by atoms with Crippen molar-refractivity contribution in [2.45, 2.75) is 0 Å². The van der Waals surface area contributed by atoms with E-state index in [1.54, 1.807) is 24.3 Å². The Morgan fingerprint density at radius 3 is 2.19 bits per heavy atom. The van der Waals surface area contributed by atoms with E-state index in [1.165, 1.54) is 20.3 Å². The lowest BCUT2D eigenvalue weighted by atomic mass is 10.1. The Hall–Kier alpha value is -3.05. The van der Waals surface area contributed by atoms with Gasteiger partial charge in [0.2, 0.25) is 0 Å². The summed E-state index contributed by atoms with van der Waals surface area (Å²) in [6, 6.07) is 15.7. The number of fused-ring (bicyclic) bond motifs is 1. The number of rotatable bonds is 6. The minimum absolute atomic E-state index is 0.261. The van der Waals surface area contributed by atoms with E-state index in [1.807, 2.05) is 24.3 Å². The van der Waals surface area contributed by atoms with Crippen molar-refractivity contribution in [3.8, 4) is 11.5 Å². The Bertz CT molecular complexity index is 1010. The molecular weight excluding hydrogens is 368 g/mol. The van der Waals surface area contributed by atoms with Gasteiger partial charge in [0.15, 0.2) is 12.4 Å². The number of hydrogen-bond acceptors (Lipinski definition) is 5. The summed E-state index contributed by atoms with van der Waals surface area (Å²) in [5.74, 6) is -0.150. The number of carbonyl (C=O) groups is 2. The summed E-state index contributed by atoms with van der Waals surface area (Å²) in [5, 5.41) is 2.12. The smallest absolute Gasteiger partial charge is 0.342 e. The van der Waals surface area contributed by atoms with Gasteiger partial charge < -0.3 is 14.2 Å².